The third-order valence-electron chi connectivity index (χ3n) is 2.72. The third-order valence-corrected chi connectivity index (χ3v) is 3.56. The fourth-order valence-corrected chi connectivity index (χ4v) is 2.76. The molecule has 0 spiro atoms. The maximum atomic E-state index is 12.9. The monoisotopic (exact) mass is 260 g/mol. The molecular formula is C11H11BrF2. The van der Waals surface area contributed by atoms with Crippen molar-refractivity contribution in [2.75, 3.05) is 0 Å². The van der Waals surface area contributed by atoms with Crippen molar-refractivity contribution in [3.05, 3.63) is 35.4 Å². The summed E-state index contributed by atoms with van der Waals surface area (Å²) in [5, 5.41) is 0. The summed E-state index contributed by atoms with van der Waals surface area (Å²) in [5.74, 6) is -0.638. The Morgan fingerprint density at radius 1 is 1.07 bits per heavy atom. The van der Waals surface area contributed by atoms with E-state index >= 15 is 0 Å². The minimum atomic E-state index is -0.474. The summed E-state index contributed by atoms with van der Waals surface area (Å²) in [5.41, 5.74) is 0.796. The van der Waals surface area contributed by atoms with Crippen molar-refractivity contribution < 1.29 is 8.78 Å². The largest absolute Gasteiger partial charge is 0.207 e. The molecule has 1 aliphatic carbocycles. The molecular weight excluding hydrogens is 250 g/mol. The lowest BCUT2D eigenvalue weighted by Gasteiger charge is -2.09. The molecule has 1 aromatic rings. The van der Waals surface area contributed by atoms with E-state index in [0.29, 0.717) is 10.7 Å². The molecule has 2 atom stereocenters. The highest BCUT2D eigenvalue weighted by Gasteiger charge is 2.24. The zero-order chi connectivity index (χ0) is 10.1. The highest BCUT2D eigenvalue weighted by Crippen LogP contribution is 2.38. The van der Waals surface area contributed by atoms with Crippen LogP contribution in [0.2, 0.25) is 0 Å². The van der Waals surface area contributed by atoms with E-state index in [1.165, 1.54) is 12.1 Å². The molecule has 14 heavy (non-hydrogen) atoms. The van der Waals surface area contributed by atoms with Crippen LogP contribution in [0.25, 0.3) is 0 Å². The van der Waals surface area contributed by atoms with Crippen LogP contribution in [0.3, 0.4) is 0 Å². The predicted octanol–water partition coefficient (Wildman–Crippen LogP) is 4.00. The molecule has 0 nitrogen and oxygen atoms in total. The molecule has 1 aliphatic rings. The summed E-state index contributed by atoms with van der Waals surface area (Å²) in [7, 11) is 0. The second kappa shape index (κ2) is 3.97. The summed E-state index contributed by atoms with van der Waals surface area (Å²) in [6, 6.07) is 3.81. The van der Waals surface area contributed by atoms with Crippen LogP contribution in [0.15, 0.2) is 18.2 Å². The van der Waals surface area contributed by atoms with Crippen molar-refractivity contribution in [2.24, 2.45) is 0 Å². The van der Waals surface area contributed by atoms with Crippen LogP contribution >= 0.6 is 15.9 Å². The second-order valence-corrected chi connectivity index (χ2v) is 5.11. The van der Waals surface area contributed by atoms with Gasteiger partial charge >= 0.3 is 0 Å². The van der Waals surface area contributed by atoms with E-state index in [9.17, 15) is 8.78 Å². The zero-order valence-corrected chi connectivity index (χ0v) is 9.23. The SMILES string of the molecule is Fc1cc(F)cc(C2CCC(Br)C2)c1. The minimum absolute atomic E-state index is 0.310. The molecule has 0 aromatic heterocycles. The molecule has 1 aromatic carbocycles. The Labute approximate surface area is 90.4 Å². The molecule has 3 heteroatoms. The molecule has 0 aliphatic heterocycles. The average Bonchev–Trinajstić information content (AvgIpc) is 2.50. The van der Waals surface area contributed by atoms with Crippen LogP contribution in [0.5, 0.6) is 0 Å². The van der Waals surface area contributed by atoms with Crippen molar-refractivity contribution in [3.8, 4) is 0 Å². The van der Waals surface area contributed by atoms with Crippen molar-refractivity contribution in [3.63, 3.8) is 0 Å². The Balaban J connectivity index is 2.23. The van der Waals surface area contributed by atoms with Crippen LogP contribution in [-0.2, 0) is 0 Å². The molecule has 2 rings (SSSR count). The summed E-state index contributed by atoms with van der Waals surface area (Å²) >= 11 is 3.53. The predicted molar refractivity (Wildman–Crippen MR) is 55.7 cm³/mol. The first-order valence-corrected chi connectivity index (χ1v) is 5.67. The first kappa shape index (κ1) is 10.1. The number of halogens is 3. The summed E-state index contributed by atoms with van der Waals surface area (Å²) in [4.78, 5) is 0.499. The van der Waals surface area contributed by atoms with Crippen molar-refractivity contribution >= 4 is 15.9 Å². The van der Waals surface area contributed by atoms with Gasteiger partial charge in [0.1, 0.15) is 11.6 Å². The molecule has 0 N–H and O–H groups in total. The van der Waals surface area contributed by atoms with E-state index in [0.717, 1.165) is 30.9 Å². The fraction of sp³-hybridized carbons (Fsp3) is 0.455. The minimum Gasteiger partial charge on any atom is -0.207 e. The van der Waals surface area contributed by atoms with Crippen LogP contribution < -0.4 is 0 Å². The van der Waals surface area contributed by atoms with Crippen LogP contribution in [0.1, 0.15) is 30.7 Å². The number of hydrogen-bond donors (Lipinski definition) is 0. The Kier molecular flexibility index (Phi) is 2.86. The van der Waals surface area contributed by atoms with Crippen molar-refractivity contribution in [1.29, 1.82) is 0 Å². The fourth-order valence-electron chi connectivity index (χ4n) is 2.04. The van der Waals surface area contributed by atoms with Gasteiger partial charge in [-0.3, -0.25) is 0 Å². The van der Waals surface area contributed by atoms with Gasteiger partial charge in [0.2, 0.25) is 0 Å². The molecule has 1 saturated carbocycles. The Morgan fingerprint density at radius 2 is 1.71 bits per heavy atom. The molecule has 76 valence electrons. The van der Waals surface area contributed by atoms with Gasteiger partial charge in [-0.05, 0) is 42.9 Å². The topological polar surface area (TPSA) is 0 Å². The van der Waals surface area contributed by atoms with Gasteiger partial charge in [0.25, 0.3) is 0 Å². The molecule has 0 heterocycles. The van der Waals surface area contributed by atoms with Gasteiger partial charge in [-0.1, -0.05) is 15.9 Å². The standard InChI is InChI=1S/C11H11BrF2/c12-9-2-1-7(3-9)8-4-10(13)6-11(14)5-8/h4-7,9H,1-3H2. The van der Waals surface area contributed by atoms with Gasteiger partial charge in [-0.15, -0.1) is 0 Å². The molecule has 0 saturated heterocycles. The lowest BCUT2D eigenvalue weighted by molar-refractivity contribution is 0.573. The van der Waals surface area contributed by atoms with E-state index in [4.69, 9.17) is 0 Å². The summed E-state index contributed by atoms with van der Waals surface area (Å²) < 4.78 is 25.9. The zero-order valence-electron chi connectivity index (χ0n) is 7.64. The lowest BCUT2D eigenvalue weighted by Crippen LogP contribution is -1.96. The van der Waals surface area contributed by atoms with Gasteiger partial charge in [0, 0.05) is 10.9 Å². The molecule has 1 fully saturated rings. The van der Waals surface area contributed by atoms with E-state index in [-0.39, 0.29) is 0 Å². The van der Waals surface area contributed by atoms with E-state index in [2.05, 4.69) is 15.9 Å². The van der Waals surface area contributed by atoms with Gasteiger partial charge in [-0.2, -0.15) is 0 Å². The van der Waals surface area contributed by atoms with Crippen molar-refractivity contribution in [2.45, 2.75) is 30.0 Å². The van der Waals surface area contributed by atoms with Gasteiger partial charge in [-0.25, -0.2) is 8.78 Å². The van der Waals surface area contributed by atoms with Crippen LogP contribution in [0, 0.1) is 11.6 Å². The Morgan fingerprint density at radius 3 is 2.21 bits per heavy atom. The first-order chi connectivity index (χ1) is 6.65. The molecule has 2 unspecified atom stereocenters. The molecule has 0 amide bonds. The Hall–Kier alpha value is -0.440. The summed E-state index contributed by atoms with van der Waals surface area (Å²) in [6.45, 7) is 0. The lowest BCUT2D eigenvalue weighted by atomic mass is 9.98. The molecule has 0 radical (unpaired) electrons. The maximum absolute atomic E-state index is 12.9. The van der Waals surface area contributed by atoms with E-state index in [1.54, 1.807) is 0 Å². The maximum Gasteiger partial charge on any atom is 0.126 e. The highest BCUT2D eigenvalue weighted by atomic mass is 79.9. The van der Waals surface area contributed by atoms with Gasteiger partial charge < -0.3 is 0 Å². The van der Waals surface area contributed by atoms with Crippen LogP contribution in [-0.4, -0.2) is 4.83 Å². The normalized spacial score (nSPS) is 26.8. The van der Waals surface area contributed by atoms with E-state index in [1.807, 2.05) is 0 Å². The van der Waals surface area contributed by atoms with Gasteiger partial charge in [0.05, 0.1) is 0 Å². The Bertz CT molecular complexity index is 318. The number of rotatable bonds is 1. The van der Waals surface area contributed by atoms with Crippen LogP contribution in [0.4, 0.5) is 8.78 Å². The quantitative estimate of drug-likeness (QED) is 0.670. The average molecular weight is 261 g/mol. The number of alkyl halides is 1. The third kappa shape index (κ3) is 2.14. The van der Waals surface area contributed by atoms with E-state index < -0.39 is 11.6 Å². The summed E-state index contributed by atoms with van der Waals surface area (Å²) in [6.07, 6.45) is 3.07. The molecule has 0 bridgehead atoms. The second-order valence-electron chi connectivity index (χ2n) is 3.81. The number of benzene rings is 1. The van der Waals surface area contributed by atoms with Crippen molar-refractivity contribution in [1.82, 2.24) is 0 Å². The first-order valence-electron chi connectivity index (χ1n) is 4.75. The van der Waals surface area contributed by atoms with Gasteiger partial charge in [0.15, 0.2) is 0 Å². The highest BCUT2D eigenvalue weighted by molar-refractivity contribution is 9.09. The smallest absolute Gasteiger partial charge is 0.126 e. The number of hydrogen-bond acceptors (Lipinski definition) is 0.